The minimum Gasteiger partial charge on any atom is -0.465 e. The summed E-state index contributed by atoms with van der Waals surface area (Å²) < 4.78 is 0. The molecule has 2 heterocycles. The molecule has 138 valence electrons. The molecule has 1 aromatic carbocycles. The molecule has 8 heteroatoms. The second-order valence-electron chi connectivity index (χ2n) is 6.49. The topological polar surface area (TPSA) is 107 Å². The first-order valence-electron chi connectivity index (χ1n) is 8.71. The van der Waals surface area contributed by atoms with Gasteiger partial charge in [-0.15, -0.1) is 0 Å². The van der Waals surface area contributed by atoms with Crippen LogP contribution in [0.15, 0.2) is 18.2 Å². The average molecular weight is 359 g/mol. The molecule has 26 heavy (non-hydrogen) atoms. The molecule has 1 aromatic rings. The smallest absolute Gasteiger partial charge is 0.409 e. The summed E-state index contributed by atoms with van der Waals surface area (Å²) in [6, 6.07) is 4.12. The number of nitrogens with one attached hydrogen (secondary N) is 1. The second kappa shape index (κ2) is 7.15. The van der Waals surface area contributed by atoms with Crippen molar-refractivity contribution in [1.82, 2.24) is 9.80 Å². The maximum Gasteiger partial charge on any atom is 0.409 e. The van der Waals surface area contributed by atoms with Crippen LogP contribution in [0.3, 0.4) is 0 Å². The molecule has 0 radical (unpaired) electrons. The number of likely N-dealkylation sites (tertiary alicyclic amines) is 1. The maximum absolute atomic E-state index is 12.8. The summed E-state index contributed by atoms with van der Waals surface area (Å²) in [5.74, 6) is -0.849. The molecule has 2 aliphatic heterocycles. The predicted molar refractivity (Wildman–Crippen MR) is 92.6 cm³/mol. The van der Waals surface area contributed by atoms with E-state index in [1.54, 1.807) is 18.2 Å². The van der Waals surface area contributed by atoms with E-state index in [4.69, 9.17) is 5.11 Å². The molecule has 1 unspecified atom stereocenters. The van der Waals surface area contributed by atoms with Gasteiger partial charge in [0.25, 0.3) is 11.8 Å². The highest BCUT2D eigenvalue weighted by Crippen LogP contribution is 2.33. The van der Waals surface area contributed by atoms with Crippen molar-refractivity contribution in [2.45, 2.75) is 45.2 Å². The number of nitrogens with zero attached hydrogens (tertiary/aromatic N) is 2. The van der Waals surface area contributed by atoms with Crippen LogP contribution in [0.4, 0.5) is 10.5 Å². The first-order chi connectivity index (χ1) is 12.4. The van der Waals surface area contributed by atoms with Crippen molar-refractivity contribution in [1.29, 1.82) is 0 Å². The van der Waals surface area contributed by atoms with Crippen LogP contribution in [0.2, 0.25) is 0 Å². The van der Waals surface area contributed by atoms with E-state index in [2.05, 4.69) is 5.32 Å². The Balaban J connectivity index is 1.84. The molecule has 0 aromatic heterocycles. The number of carbonyl (C=O) groups excluding carboxylic acids is 3. The number of unbranched alkanes of at least 4 members (excludes halogenated alkanes) is 1. The summed E-state index contributed by atoms with van der Waals surface area (Å²) in [5, 5.41) is 11.3. The van der Waals surface area contributed by atoms with Gasteiger partial charge >= 0.3 is 6.09 Å². The van der Waals surface area contributed by atoms with Gasteiger partial charge in [0.2, 0.25) is 5.91 Å². The lowest BCUT2D eigenvalue weighted by Gasteiger charge is -2.35. The fourth-order valence-corrected chi connectivity index (χ4v) is 3.50. The van der Waals surface area contributed by atoms with Gasteiger partial charge in [-0.1, -0.05) is 19.4 Å². The van der Waals surface area contributed by atoms with Crippen molar-refractivity contribution in [3.63, 3.8) is 0 Å². The highest BCUT2D eigenvalue weighted by molar-refractivity contribution is 6.06. The molecule has 1 saturated heterocycles. The molecule has 0 aliphatic carbocycles. The highest BCUT2D eigenvalue weighted by Gasteiger charge is 2.42. The predicted octanol–water partition coefficient (Wildman–Crippen LogP) is 2.05. The van der Waals surface area contributed by atoms with Crippen molar-refractivity contribution in [3.8, 4) is 0 Å². The van der Waals surface area contributed by atoms with Gasteiger partial charge in [-0.05, 0) is 25.0 Å². The lowest BCUT2D eigenvalue weighted by Crippen LogP contribution is -2.54. The van der Waals surface area contributed by atoms with Crippen LogP contribution >= 0.6 is 0 Å². The molecule has 3 rings (SSSR count). The summed E-state index contributed by atoms with van der Waals surface area (Å²) in [5.41, 5.74) is 1.29. The zero-order chi connectivity index (χ0) is 18.8. The first-order valence-corrected chi connectivity index (χ1v) is 8.71. The Bertz CT molecular complexity index is 776. The fourth-order valence-electron chi connectivity index (χ4n) is 3.50. The largest absolute Gasteiger partial charge is 0.465 e. The van der Waals surface area contributed by atoms with Crippen LogP contribution in [0.5, 0.6) is 0 Å². The number of carboxylic acid groups (broad SMARTS) is 1. The third-order valence-electron chi connectivity index (χ3n) is 4.83. The van der Waals surface area contributed by atoms with E-state index in [1.807, 2.05) is 6.92 Å². The Kier molecular flexibility index (Phi) is 4.92. The number of anilines is 1. The SMILES string of the molecule is CCCCN1C(=O)CCC(N2Cc3c(NC(=O)O)cccc3C2=O)C1=O. The van der Waals surface area contributed by atoms with E-state index in [-0.39, 0.29) is 30.7 Å². The van der Waals surface area contributed by atoms with Crippen LogP contribution in [0.25, 0.3) is 0 Å². The van der Waals surface area contributed by atoms with Crippen molar-refractivity contribution in [3.05, 3.63) is 29.3 Å². The van der Waals surface area contributed by atoms with E-state index in [0.29, 0.717) is 29.8 Å². The van der Waals surface area contributed by atoms with E-state index in [0.717, 1.165) is 12.8 Å². The van der Waals surface area contributed by atoms with E-state index in [1.165, 1.54) is 9.80 Å². The summed E-state index contributed by atoms with van der Waals surface area (Å²) in [7, 11) is 0. The Morgan fingerprint density at radius 1 is 1.31 bits per heavy atom. The normalized spacial score (nSPS) is 19.7. The Morgan fingerprint density at radius 2 is 2.08 bits per heavy atom. The van der Waals surface area contributed by atoms with Crippen molar-refractivity contribution < 1.29 is 24.3 Å². The number of hydrogen-bond donors (Lipinski definition) is 2. The first kappa shape index (κ1) is 17.9. The lowest BCUT2D eigenvalue weighted by molar-refractivity contribution is -0.152. The molecule has 0 bridgehead atoms. The third-order valence-corrected chi connectivity index (χ3v) is 4.83. The minimum absolute atomic E-state index is 0.150. The van der Waals surface area contributed by atoms with Crippen LogP contribution in [0.1, 0.15) is 48.5 Å². The number of fused-ring (bicyclic) bond motifs is 1. The average Bonchev–Trinajstić information content (AvgIpc) is 2.93. The molecular weight excluding hydrogens is 338 g/mol. The molecular formula is C18H21N3O5. The van der Waals surface area contributed by atoms with E-state index >= 15 is 0 Å². The Hall–Kier alpha value is -2.90. The van der Waals surface area contributed by atoms with Crippen molar-refractivity contribution in [2.75, 3.05) is 11.9 Å². The summed E-state index contributed by atoms with van der Waals surface area (Å²) in [6.07, 6.45) is 0.891. The van der Waals surface area contributed by atoms with Crippen LogP contribution in [0, 0.1) is 0 Å². The maximum atomic E-state index is 12.8. The van der Waals surface area contributed by atoms with Gasteiger partial charge in [-0.25, -0.2) is 4.79 Å². The number of carbonyl (C=O) groups is 4. The van der Waals surface area contributed by atoms with E-state index < -0.39 is 12.1 Å². The molecule has 4 amide bonds. The summed E-state index contributed by atoms with van der Waals surface area (Å²) in [6.45, 7) is 2.50. The number of piperidine rings is 1. The molecule has 1 atom stereocenters. The Labute approximate surface area is 150 Å². The lowest BCUT2D eigenvalue weighted by atomic mass is 10.0. The van der Waals surface area contributed by atoms with Gasteiger partial charge in [0.05, 0.1) is 0 Å². The second-order valence-corrected chi connectivity index (χ2v) is 6.49. The number of benzene rings is 1. The fraction of sp³-hybridized carbons (Fsp3) is 0.444. The monoisotopic (exact) mass is 359 g/mol. The number of imide groups is 1. The zero-order valence-corrected chi connectivity index (χ0v) is 14.5. The van der Waals surface area contributed by atoms with Gasteiger partial charge in [0.1, 0.15) is 6.04 Å². The molecule has 0 saturated carbocycles. The summed E-state index contributed by atoms with van der Waals surface area (Å²) in [4.78, 5) is 51.3. The molecule has 0 spiro atoms. The number of hydrogen-bond acceptors (Lipinski definition) is 4. The summed E-state index contributed by atoms with van der Waals surface area (Å²) >= 11 is 0. The van der Waals surface area contributed by atoms with Crippen LogP contribution in [-0.4, -0.2) is 51.3 Å². The van der Waals surface area contributed by atoms with E-state index in [9.17, 15) is 19.2 Å². The van der Waals surface area contributed by atoms with Gasteiger partial charge in [0, 0.05) is 36.3 Å². The zero-order valence-electron chi connectivity index (χ0n) is 14.5. The van der Waals surface area contributed by atoms with Crippen molar-refractivity contribution >= 4 is 29.5 Å². The van der Waals surface area contributed by atoms with Gasteiger partial charge < -0.3 is 10.0 Å². The van der Waals surface area contributed by atoms with Gasteiger partial charge in [0.15, 0.2) is 0 Å². The highest BCUT2D eigenvalue weighted by atomic mass is 16.4. The molecule has 1 fully saturated rings. The number of amides is 4. The van der Waals surface area contributed by atoms with Crippen LogP contribution < -0.4 is 5.32 Å². The Morgan fingerprint density at radius 3 is 2.77 bits per heavy atom. The van der Waals surface area contributed by atoms with Gasteiger partial charge in [-0.2, -0.15) is 0 Å². The third kappa shape index (κ3) is 3.14. The quantitative estimate of drug-likeness (QED) is 0.783. The molecule has 2 aliphatic rings. The standard InChI is InChI=1S/C18H21N3O5/c1-2-3-9-20-15(22)8-7-14(17(20)24)21-10-12-11(16(21)23)5-4-6-13(12)19-18(25)26/h4-6,14,19H,2-3,7-10H2,1H3,(H,25,26). The van der Waals surface area contributed by atoms with Crippen LogP contribution in [-0.2, 0) is 16.1 Å². The minimum atomic E-state index is -1.21. The van der Waals surface area contributed by atoms with Crippen molar-refractivity contribution in [2.24, 2.45) is 0 Å². The van der Waals surface area contributed by atoms with Gasteiger partial charge in [-0.3, -0.25) is 24.6 Å². The number of rotatable bonds is 5. The molecule has 2 N–H and O–H groups in total. The molecule has 8 nitrogen and oxygen atoms in total.